The van der Waals surface area contributed by atoms with Gasteiger partial charge >= 0.3 is 0 Å². The van der Waals surface area contributed by atoms with Gasteiger partial charge in [-0.15, -0.1) is 0 Å². The Morgan fingerprint density at radius 1 is 1.25 bits per heavy atom. The Kier molecular flexibility index (Phi) is 9.79. The summed E-state index contributed by atoms with van der Waals surface area (Å²) in [5.74, 6) is 0. The van der Waals surface area contributed by atoms with Crippen molar-refractivity contribution < 1.29 is 9.47 Å². The average Bonchev–Trinajstić information content (AvgIpc) is 2.11. The highest BCUT2D eigenvalue weighted by Crippen LogP contribution is 2.07. The number of methoxy groups -OCH3 is 2. The minimum absolute atomic E-state index is 0.0198. The number of halogens is 1. The molecule has 0 saturated carbocycles. The predicted octanol–water partition coefficient (Wildman–Crippen LogP) is 3.11. The second kappa shape index (κ2) is 9.48. The van der Waals surface area contributed by atoms with E-state index in [0.717, 1.165) is 19.3 Å². The smallest absolute Gasteiger partial charge is 0.156 e. The summed E-state index contributed by atoms with van der Waals surface area (Å²) < 4.78 is 12.2. The van der Waals surface area contributed by atoms with E-state index >= 15 is 0 Å². The van der Waals surface area contributed by atoms with Gasteiger partial charge in [0, 0.05) is 14.2 Å². The number of hydrogen-bond acceptors (Lipinski definition) is 2. The molecule has 0 amide bonds. The van der Waals surface area contributed by atoms with Gasteiger partial charge in [0.2, 0.25) is 0 Å². The Morgan fingerprint density at radius 2 is 1.92 bits per heavy atom. The van der Waals surface area contributed by atoms with Gasteiger partial charge in [-0.2, -0.15) is 0 Å². The first kappa shape index (κ1) is 12.4. The lowest BCUT2D eigenvalue weighted by atomic mass is 10.2. The fourth-order valence-electron chi connectivity index (χ4n) is 0.968. The first-order valence-electron chi connectivity index (χ1n) is 4.16. The summed E-state index contributed by atoms with van der Waals surface area (Å²) in [6.07, 6.45) is 6.67. The fourth-order valence-corrected chi connectivity index (χ4v) is 1.33. The highest BCUT2D eigenvalue weighted by atomic mass is 127. The van der Waals surface area contributed by atoms with Crippen molar-refractivity contribution >= 4 is 22.6 Å². The molecule has 0 bridgehead atoms. The van der Waals surface area contributed by atoms with Gasteiger partial charge in [-0.25, -0.2) is 0 Å². The van der Waals surface area contributed by atoms with Gasteiger partial charge in [0.15, 0.2) is 6.29 Å². The minimum Gasteiger partial charge on any atom is -0.356 e. The van der Waals surface area contributed by atoms with Crippen molar-refractivity contribution in [2.45, 2.75) is 32.0 Å². The molecule has 0 radical (unpaired) electrons. The molecule has 0 unspecified atom stereocenters. The van der Waals surface area contributed by atoms with E-state index in [4.69, 9.17) is 9.47 Å². The normalized spacial score (nSPS) is 11.7. The number of rotatable bonds is 7. The molecule has 72 valence electrons. The van der Waals surface area contributed by atoms with Crippen molar-refractivity contribution in [3.05, 3.63) is 10.2 Å². The first-order chi connectivity index (χ1) is 5.85. The molecule has 0 aliphatic rings. The molecule has 3 heteroatoms. The number of unbranched alkanes of at least 4 members (excludes halogenated alkanes) is 2. The molecule has 12 heavy (non-hydrogen) atoms. The molecular weight excluding hydrogens is 267 g/mol. The maximum Gasteiger partial charge on any atom is 0.156 e. The van der Waals surface area contributed by atoms with Crippen molar-refractivity contribution in [3.63, 3.8) is 0 Å². The minimum atomic E-state index is -0.0198. The third-order valence-corrected chi connectivity index (χ3v) is 2.18. The Balaban J connectivity index is 3.17. The Bertz CT molecular complexity index is 111. The first-order valence-corrected chi connectivity index (χ1v) is 5.40. The van der Waals surface area contributed by atoms with Crippen LogP contribution in [0.5, 0.6) is 0 Å². The lowest BCUT2D eigenvalue weighted by molar-refractivity contribution is -0.107. The van der Waals surface area contributed by atoms with Gasteiger partial charge in [0.1, 0.15) is 0 Å². The van der Waals surface area contributed by atoms with E-state index in [0.29, 0.717) is 0 Å². The van der Waals surface area contributed by atoms with E-state index in [9.17, 15) is 0 Å². The summed E-state index contributed by atoms with van der Waals surface area (Å²) in [5, 5.41) is 0. The molecule has 0 saturated heterocycles. The molecule has 0 aromatic carbocycles. The average molecular weight is 284 g/mol. The molecule has 0 aromatic rings. The van der Waals surface area contributed by atoms with Crippen LogP contribution >= 0.6 is 22.6 Å². The standard InChI is InChI=1S/C9H17IO2/c1-11-9(12-2)7-5-3-4-6-8-10/h6,8-9H,3-5,7H2,1-2H3. The Hall–Kier alpha value is 0.390. The van der Waals surface area contributed by atoms with Gasteiger partial charge < -0.3 is 9.47 Å². The van der Waals surface area contributed by atoms with Gasteiger partial charge in [-0.05, 0) is 29.8 Å². The van der Waals surface area contributed by atoms with Gasteiger partial charge in [-0.1, -0.05) is 28.7 Å². The molecule has 0 rings (SSSR count). The molecule has 0 aliphatic heterocycles. The highest BCUT2D eigenvalue weighted by molar-refractivity contribution is 14.1. The van der Waals surface area contributed by atoms with Crippen LogP contribution < -0.4 is 0 Å². The van der Waals surface area contributed by atoms with Gasteiger partial charge in [-0.3, -0.25) is 0 Å². The molecule has 0 heterocycles. The van der Waals surface area contributed by atoms with Crippen LogP contribution in [0, 0.1) is 0 Å². The zero-order valence-corrected chi connectivity index (χ0v) is 9.91. The molecule has 0 aliphatic carbocycles. The van der Waals surface area contributed by atoms with Crippen molar-refractivity contribution in [1.29, 1.82) is 0 Å². The third kappa shape index (κ3) is 7.06. The highest BCUT2D eigenvalue weighted by Gasteiger charge is 2.02. The second-order valence-electron chi connectivity index (χ2n) is 2.55. The second-order valence-corrected chi connectivity index (χ2v) is 3.27. The van der Waals surface area contributed by atoms with Crippen LogP contribution in [0.4, 0.5) is 0 Å². The summed E-state index contributed by atoms with van der Waals surface area (Å²) >= 11 is 2.24. The summed E-state index contributed by atoms with van der Waals surface area (Å²) in [6.45, 7) is 0. The monoisotopic (exact) mass is 284 g/mol. The molecule has 0 aromatic heterocycles. The summed E-state index contributed by atoms with van der Waals surface area (Å²) in [4.78, 5) is 0. The van der Waals surface area contributed by atoms with Crippen LogP contribution in [0.3, 0.4) is 0 Å². The Morgan fingerprint density at radius 3 is 2.42 bits per heavy atom. The van der Waals surface area contributed by atoms with Crippen LogP contribution in [0.15, 0.2) is 10.2 Å². The molecule has 0 fully saturated rings. The molecular formula is C9H17IO2. The molecule has 0 spiro atoms. The lowest BCUT2D eigenvalue weighted by Crippen LogP contribution is -2.12. The predicted molar refractivity (Wildman–Crippen MR) is 59.4 cm³/mol. The van der Waals surface area contributed by atoms with Gasteiger partial charge in [0.05, 0.1) is 0 Å². The summed E-state index contributed by atoms with van der Waals surface area (Å²) in [6, 6.07) is 0. The van der Waals surface area contributed by atoms with Crippen molar-refractivity contribution in [2.24, 2.45) is 0 Å². The topological polar surface area (TPSA) is 18.5 Å². The number of ether oxygens (including phenoxy) is 2. The maximum absolute atomic E-state index is 5.06. The SMILES string of the molecule is COC(CCCCC=CI)OC. The zero-order chi connectivity index (χ0) is 9.23. The largest absolute Gasteiger partial charge is 0.356 e. The van der Waals surface area contributed by atoms with E-state index in [1.54, 1.807) is 14.2 Å². The summed E-state index contributed by atoms with van der Waals surface area (Å²) in [5.41, 5.74) is 0. The van der Waals surface area contributed by atoms with E-state index < -0.39 is 0 Å². The Labute approximate surface area is 88.5 Å². The van der Waals surface area contributed by atoms with Crippen molar-refractivity contribution in [1.82, 2.24) is 0 Å². The van der Waals surface area contributed by atoms with Crippen LogP contribution in [-0.2, 0) is 9.47 Å². The van der Waals surface area contributed by atoms with E-state index in [2.05, 4.69) is 32.7 Å². The lowest BCUT2D eigenvalue weighted by Gasteiger charge is -2.11. The molecule has 0 atom stereocenters. The van der Waals surface area contributed by atoms with Crippen molar-refractivity contribution in [3.8, 4) is 0 Å². The van der Waals surface area contributed by atoms with Crippen LogP contribution in [0.1, 0.15) is 25.7 Å². The molecule has 0 N–H and O–H groups in total. The summed E-state index contributed by atoms with van der Waals surface area (Å²) in [7, 11) is 3.36. The maximum atomic E-state index is 5.06. The number of allylic oxidation sites excluding steroid dienone is 1. The fraction of sp³-hybridized carbons (Fsp3) is 0.778. The number of hydrogen-bond donors (Lipinski definition) is 0. The molecule has 2 nitrogen and oxygen atoms in total. The zero-order valence-electron chi connectivity index (χ0n) is 7.75. The van der Waals surface area contributed by atoms with Crippen LogP contribution in [0.2, 0.25) is 0 Å². The van der Waals surface area contributed by atoms with Crippen molar-refractivity contribution in [2.75, 3.05) is 14.2 Å². The van der Waals surface area contributed by atoms with E-state index in [1.807, 2.05) is 0 Å². The third-order valence-electron chi connectivity index (χ3n) is 1.68. The quantitative estimate of drug-likeness (QED) is 0.406. The van der Waals surface area contributed by atoms with Crippen LogP contribution in [0.25, 0.3) is 0 Å². The van der Waals surface area contributed by atoms with Crippen LogP contribution in [-0.4, -0.2) is 20.5 Å². The van der Waals surface area contributed by atoms with E-state index in [1.165, 1.54) is 6.42 Å². The van der Waals surface area contributed by atoms with Gasteiger partial charge in [0.25, 0.3) is 0 Å². The van der Waals surface area contributed by atoms with E-state index in [-0.39, 0.29) is 6.29 Å².